The summed E-state index contributed by atoms with van der Waals surface area (Å²) >= 11 is 0. The predicted molar refractivity (Wildman–Crippen MR) is 80.5 cm³/mol. The molecular formula is C16H23N3O. The minimum absolute atomic E-state index is 0.0754. The highest BCUT2D eigenvalue weighted by Crippen LogP contribution is 2.27. The monoisotopic (exact) mass is 273 g/mol. The molecule has 4 nitrogen and oxygen atoms in total. The zero-order chi connectivity index (χ0) is 13.9. The summed E-state index contributed by atoms with van der Waals surface area (Å²) in [5, 5.41) is 0. The fraction of sp³-hybridized carbons (Fsp3) is 0.562. The molecule has 0 atom stereocenters. The van der Waals surface area contributed by atoms with Crippen LogP contribution in [0, 0.1) is 5.92 Å². The molecule has 20 heavy (non-hydrogen) atoms. The van der Waals surface area contributed by atoms with E-state index in [4.69, 9.17) is 5.73 Å². The number of hydrogen-bond acceptors (Lipinski definition) is 3. The summed E-state index contributed by atoms with van der Waals surface area (Å²) in [5.74, 6) is 0.980. The van der Waals surface area contributed by atoms with E-state index >= 15 is 0 Å². The number of nitrogens with two attached hydrogens (primary N) is 1. The first-order chi connectivity index (χ1) is 9.74. The quantitative estimate of drug-likeness (QED) is 0.855. The maximum Gasteiger partial charge on any atom is 0.256 e. The number of hydrogen-bond donors (Lipinski definition) is 1. The lowest BCUT2D eigenvalue weighted by molar-refractivity contribution is 0.0592. The van der Waals surface area contributed by atoms with Gasteiger partial charge in [-0.05, 0) is 30.9 Å². The minimum atomic E-state index is 0.0754. The molecule has 0 bridgehead atoms. The van der Waals surface area contributed by atoms with Gasteiger partial charge in [0, 0.05) is 38.4 Å². The predicted octanol–water partition coefficient (Wildman–Crippen LogP) is 1.83. The molecule has 1 saturated heterocycles. The molecule has 0 radical (unpaired) electrons. The summed E-state index contributed by atoms with van der Waals surface area (Å²) in [6.07, 6.45) is 4.18. The highest BCUT2D eigenvalue weighted by atomic mass is 16.2. The number of rotatable bonds is 3. The molecule has 1 aromatic rings. The van der Waals surface area contributed by atoms with Crippen molar-refractivity contribution in [2.75, 3.05) is 38.5 Å². The van der Waals surface area contributed by atoms with E-state index in [0.717, 1.165) is 32.1 Å². The molecule has 2 N–H and O–H groups in total. The van der Waals surface area contributed by atoms with E-state index in [1.165, 1.54) is 25.8 Å². The van der Waals surface area contributed by atoms with Crippen molar-refractivity contribution in [1.29, 1.82) is 0 Å². The third-order valence-electron chi connectivity index (χ3n) is 4.59. The number of benzene rings is 1. The number of carbonyl (C=O) groups is 1. The Hall–Kier alpha value is -1.55. The average molecular weight is 273 g/mol. The van der Waals surface area contributed by atoms with Crippen LogP contribution in [0.25, 0.3) is 0 Å². The second-order valence-electron chi connectivity index (χ2n) is 5.98. The van der Waals surface area contributed by atoms with E-state index in [0.29, 0.717) is 11.3 Å². The number of nitrogens with zero attached hydrogens (tertiary/aromatic N) is 2. The third-order valence-corrected chi connectivity index (χ3v) is 4.59. The molecule has 1 aromatic carbocycles. The van der Waals surface area contributed by atoms with E-state index in [-0.39, 0.29) is 5.91 Å². The third kappa shape index (κ3) is 2.80. The molecule has 1 aliphatic heterocycles. The Bertz CT molecular complexity index is 476. The molecule has 0 spiro atoms. The molecule has 2 fully saturated rings. The van der Waals surface area contributed by atoms with Gasteiger partial charge in [0.2, 0.25) is 0 Å². The summed E-state index contributed by atoms with van der Waals surface area (Å²) in [6, 6.07) is 7.34. The molecule has 4 heteroatoms. The van der Waals surface area contributed by atoms with Crippen molar-refractivity contribution in [3.63, 3.8) is 0 Å². The number of para-hydroxylation sites is 1. The summed E-state index contributed by atoms with van der Waals surface area (Å²) < 4.78 is 0. The molecule has 1 aliphatic carbocycles. The van der Waals surface area contributed by atoms with E-state index in [2.05, 4.69) is 4.90 Å². The van der Waals surface area contributed by atoms with Gasteiger partial charge in [0.15, 0.2) is 0 Å². The largest absolute Gasteiger partial charge is 0.398 e. The van der Waals surface area contributed by atoms with Crippen LogP contribution in [0.1, 0.15) is 29.6 Å². The normalized spacial score (nSPS) is 20.7. The van der Waals surface area contributed by atoms with Gasteiger partial charge in [0.1, 0.15) is 0 Å². The standard InChI is InChI=1S/C16H23N3O/c17-15-7-2-1-6-14(15)16(20)19-10-8-18(9-11-19)12-13-4-3-5-13/h1-2,6-7,13H,3-5,8-12,17H2. The molecule has 1 amide bonds. The van der Waals surface area contributed by atoms with Gasteiger partial charge in [0.25, 0.3) is 5.91 Å². The van der Waals surface area contributed by atoms with Crippen LogP contribution in [-0.4, -0.2) is 48.4 Å². The topological polar surface area (TPSA) is 49.6 Å². The number of piperazine rings is 1. The van der Waals surface area contributed by atoms with Crippen molar-refractivity contribution in [2.45, 2.75) is 19.3 Å². The Balaban J connectivity index is 1.55. The zero-order valence-corrected chi connectivity index (χ0v) is 11.9. The van der Waals surface area contributed by atoms with Crippen molar-refractivity contribution in [3.05, 3.63) is 29.8 Å². The smallest absolute Gasteiger partial charge is 0.256 e. The average Bonchev–Trinajstić information content (AvgIpc) is 2.43. The van der Waals surface area contributed by atoms with Gasteiger partial charge in [-0.15, -0.1) is 0 Å². The second-order valence-corrected chi connectivity index (χ2v) is 5.98. The van der Waals surface area contributed by atoms with Crippen LogP contribution in [0.4, 0.5) is 5.69 Å². The van der Waals surface area contributed by atoms with Gasteiger partial charge in [0.05, 0.1) is 5.56 Å². The van der Waals surface area contributed by atoms with Crippen LogP contribution in [0.15, 0.2) is 24.3 Å². The lowest BCUT2D eigenvalue weighted by Crippen LogP contribution is -2.50. The van der Waals surface area contributed by atoms with Gasteiger partial charge in [-0.1, -0.05) is 18.6 Å². The van der Waals surface area contributed by atoms with E-state index in [9.17, 15) is 4.79 Å². The number of nitrogen functional groups attached to an aromatic ring is 1. The molecule has 3 rings (SSSR count). The first kappa shape index (κ1) is 13.4. The van der Waals surface area contributed by atoms with Gasteiger partial charge in [-0.2, -0.15) is 0 Å². The highest BCUT2D eigenvalue weighted by molar-refractivity contribution is 5.99. The van der Waals surface area contributed by atoms with Crippen LogP contribution in [0.3, 0.4) is 0 Å². The van der Waals surface area contributed by atoms with Crippen molar-refractivity contribution < 1.29 is 4.79 Å². The summed E-state index contributed by atoms with van der Waals surface area (Å²) in [4.78, 5) is 16.9. The van der Waals surface area contributed by atoms with Crippen molar-refractivity contribution in [1.82, 2.24) is 9.80 Å². The van der Waals surface area contributed by atoms with Crippen molar-refractivity contribution in [3.8, 4) is 0 Å². The number of anilines is 1. The summed E-state index contributed by atoms with van der Waals surface area (Å²) in [5.41, 5.74) is 7.11. The van der Waals surface area contributed by atoms with Gasteiger partial charge in [-0.3, -0.25) is 9.69 Å². The van der Waals surface area contributed by atoms with Crippen LogP contribution in [-0.2, 0) is 0 Å². The lowest BCUT2D eigenvalue weighted by Gasteiger charge is -2.38. The van der Waals surface area contributed by atoms with E-state index < -0.39 is 0 Å². The Labute approximate surface area is 120 Å². The molecule has 1 heterocycles. The Morgan fingerprint density at radius 3 is 2.45 bits per heavy atom. The summed E-state index contributed by atoms with van der Waals surface area (Å²) in [6.45, 7) is 4.85. The minimum Gasteiger partial charge on any atom is -0.398 e. The number of amides is 1. The molecule has 108 valence electrons. The Morgan fingerprint density at radius 2 is 1.85 bits per heavy atom. The van der Waals surface area contributed by atoms with Gasteiger partial charge in [-0.25, -0.2) is 0 Å². The van der Waals surface area contributed by atoms with E-state index in [1.54, 1.807) is 6.07 Å². The molecular weight excluding hydrogens is 250 g/mol. The van der Waals surface area contributed by atoms with Gasteiger partial charge >= 0.3 is 0 Å². The number of carbonyl (C=O) groups excluding carboxylic acids is 1. The molecule has 0 unspecified atom stereocenters. The first-order valence-corrected chi connectivity index (χ1v) is 7.60. The van der Waals surface area contributed by atoms with Crippen LogP contribution in [0.5, 0.6) is 0 Å². The van der Waals surface area contributed by atoms with Gasteiger partial charge < -0.3 is 10.6 Å². The Morgan fingerprint density at radius 1 is 1.15 bits per heavy atom. The van der Waals surface area contributed by atoms with Crippen molar-refractivity contribution in [2.24, 2.45) is 5.92 Å². The zero-order valence-electron chi connectivity index (χ0n) is 11.9. The lowest BCUT2D eigenvalue weighted by atomic mass is 9.85. The van der Waals surface area contributed by atoms with Crippen molar-refractivity contribution >= 4 is 11.6 Å². The van der Waals surface area contributed by atoms with Crippen LogP contribution in [0.2, 0.25) is 0 Å². The molecule has 1 saturated carbocycles. The summed E-state index contributed by atoms with van der Waals surface area (Å²) in [7, 11) is 0. The second kappa shape index (κ2) is 5.83. The molecule has 0 aromatic heterocycles. The fourth-order valence-corrected chi connectivity index (χ4v) is 3.04. The first-order valence-electron chi connectivity index (χ1n) is 7.60. The molecule has 2 aliphatic rings. The SMILES string of the molecule is Nc1ccccc1C(=O)N1CCN(CC2CCC2)CC1. The Kier molecular flexibility index (Phi) is 3.92. The van der Waals surface area contributed by atoms with E-state index in [1.807, 2.05) is 23.1 Å². The van der Waals surface area contributed by atoms with Crippen LogP contribution < -0.4 is 5.73 Å². The maximum absolute atomic E-state index is 12.4. The highest BCUT2D eigenvalue weighted by Gasteiger charge is 2.26. The maximum atomic E-state index is 12.4. The van der Waals surface area contributed by atoms with Crippen LogP contribution >= 0.6 is 0 Å². The fourth-order valence-electron chi connectivity index (χ4n) is 3.04.